The van der Waals surface area contributed by atoms with Crippen LogP contribution in [0.1, 0.15) is 68.4 Å². The first-order valence-corrected chi connectivity index (χ1v) is 7.66. The largest absolute Gasteiger partial charge is 0.332 e. The molecule has 1 amide bonds. The molecule has 1 aromatic rings. The van der Waals surface area contributed by atoms with Gasteiger partial charge in [-0.1, -0.05) is 13.8 Å². The Labute approximate surface area is 113 Å². The van der Waals surface area contributed by atoms with Crippen LogP contribution in [-0.4, -0.2) is 27.9 Å². The van der Waals surface area contributed by atoms with E-state index in [1.807, 2.05) is 10.3 Å². The SMILES string of the molecule is CC(C)c1nc(C(=O)N2C(C)CCCC2C)cs1. The van der Waals surface area contributed by atoms with E-state index in [9.17, 15) is 4.79 Å². The fourth-order valence-corrected chi connectivity index (χ4v) is 3.41. The third kappa shape index (κ3) is 2.58. The molecule has 18 heavy (non-hydrogen) atoms. The molecule has 0 N–H and O–H groups in total. The smallest absolute Gasteiger partial charge is 0.273 e. The van der Waals surface area contributed by atoms with E-state index in [1.165, 1.54) is 6.42 Å². The summed E-state index contributed by atoms with van der Waals surface area (Å²) in [5, 5.41) is 2.96. The third-order valence-corrected chi connectivity index (χ3v) is 4.81. The Morgan fingerprint density at radius 1 is 1.39 bits per heavy atom. The molecule has 1 aliphatic rings. The zero-order valence-corrected chi connectivity index (χ0v) is 12.5. The number of thiazole rings is 1. The number of likely N-dealkylation sites (tertiary alicyclic amines) is 1. The fourth-order valence-electron chi connectivity index (χ4n) is 2.60. The van der Waals surface area contributed by atoms with Crippen molar-refractivity contribution in [3.05, 3.63) is 16.1 Å². The Morgan fingerprint density at radius 2 is 2.00 bits per heavy atom. The van der Waals surface area contributed by atoms with Crippen LogP contribution in [0.2, 0.25) is 0 Å². The van der Waals surface area contributed by atoms with Gasteiger partial charge in [0, 0.05) is 23.4 Å². The second-order valence-corrected chi connectivity index (χ2v) is 6.46. The Bertz CT molecular complexity index is 417. The summed E-state index contributed by atoms with van der Waals surface area (Å²) in [5.74, 6) is 0.505. The van der Waals surface area contributed by atoms with Crippen LogP contribution in [0.4, 0.5) is 0 Å². The lowest BCUT2D eigenvalue weighted by Gasteiger charge is -2.38. The molecule has 2 atom stereocenters. The van der Waals surface area contributed by atoms with Crippen LogP contribution in [0.25, 0.3) is 0 Å². The van der Waals surface area contributed by atoms with Gasteiger partial charge in [-0.25, -0.2) is 4.98 Å². The van der Waals surface area contributed by atoms with Crippen LogP contribution < -0.4 is 0 Å². The Hall–Kier alpha value is -0.900. The monoisotopic (exact) mass is 266 g/mol. The average Bonchev–Trinajstić information content (AvgIpc) is 2.77. The molecule has 1 fully saturated rings. The number of piperidine rings is 1. The molecule has 100 valence electrons. The number of hydrogen-bond acceptors (Lipinski definition) is 3. The van der Waals surface area contributed by atoms with Gasteiger partial charge in [-0.3, -0.25) is 4.79 Å². The van der Waals surface area contributed by atoms with Crippen molar-refractivity contribution in [3.8, 4) is 0 Å². The van der Waals surface area contributed by atoms with E-state index in [0.29, 0.717) is 23.7 Å². The highest BCUT2D eigenvalue weighted by Crippen LogP contribution is 2.26. The molecule has 2 heterocycles. The van der Waals surface area contributed by atoms with Crippen molar-refractivity contribution in [2.24, 2.45) is 0 Å². The van der Waals surface area contributed by atoms with Crippen LogP contribution in [0.3, 0.4) is 0 Å². The van der Waals surface area contributed by atoms with Crippen molar-refractivity contribution in [1.82, 2.24) is 9.88 Å². The molecule has 4 heteroatoms. The normalized spacial score (nSPS) is 24.6. The van der Waals surface area contributed by atoms with Gasteiger partial charge in [0.05, 0.1) is 5.01 Å². The van der Waals surface area contributed by atoms with Crippen molar-refractivity contribution < 1.29 is 4.79 Å². The summed E-state index contributed by atoms with van der Waals surface area (Å²) in [4.78, 5) is 19.0. The van der Waals surface area contributed by atoms with Gasteiger partial charge in [0.25, 0.3) is 5.91 Å². The topological polar surface area (TPSA) is 33.2 Å². The van der Waals surface area contributed by atoms with Crippen molar-refractivity contribution in [1.29, 1.82) is 0 Å². The lowest BCUT2D eigenvalue weighted by Crippen LogP contribution is -2.47. The van der Waals surface area contributed by atoms with Crippen molar-refractivity contribution in [2.45, 2.75) is 65.0 Å². The third-order valence-electron chi connectivity index (χ3n) is 3.66. The Balaban J connectivity index is 2.18. The number of carbonyl (C=O) groups excluding carboxylic acids is 1. The standard InChI is InChI=1S/C14H22N2OS/c1-9(2)13-15-12(8-18-13)14(17)16-10(3)6-5-7-11(16)4/h8-11H,5-7H2,1-4H3. The highest BCUT2D eigenvalue weighted by molar-refractivity contribution is 7.09. The van der Waals surface area contributed by atoms with Gasteiger partial charge in [0.15, 0.2) is 0 Å². The number of carbonyl (C=O) groups is 1. The van der Waals surface area contributed by atoms with E-state index >= 15 is 0 Å². The first-order chi connectivity index (χ1) is 8.50. The quantitative estimate of drug-likeness (QED) is 0.818. The van der Waals surface area contributed by atoms with E-state index in [2.05, 4.69) is 32.7 Å². The molecule has 0 spiro atoms. The maximum absolute atomic E-state index is 12.5. The van der Waals surface area contributed by atoms with Gasteiger partial charge in [0.2, 0.25) is 0 Å². The van der Waals surface area contributed by atoms with Crippen molar-refractivity contribution in [2.75, 3.05) is 0 Å². The van der Waals surface area contributed by atoms with Crippen LogP contribution in [0.5, 0.6) is 0 Å². The molecule has 1 aliphatic heterocycles. The highest BCUT2D eigenvalue weighted by Gasteiger charge is 2.30. The van der Waals surface area contributed by atoms with Crippen LogP contribution >= 0.6 is 11.3 Å². The minimum Gasteiger partial charge on any atom is -0.332 e. The molecule has 2 rings (SSSR count). The van der Waals surface area contributed by atoms with Gasteiger partial charge in [-0.05, 0) is 33.1 Å². The molecule has 0 bridgehead atoms. The second-order valence-electron chi connectivity index (χ2n) is 5.57. The van der Waals surface area contributed by atoms with Gasteiger partial charge in [0.1, 0.15) is 5.69 Å². The van der Waals surface area contributed by atoms with Crippen molar-refractivity contribution >= 4 is 17.2 Å². The lowest BCUT2D eigenvalue weighted by molar-refractivity contribution is 0.0505. The number of rotatable bonds is 2. The number of amides is 1. The van der Waals surface area contributed by atoms with Crippen molar-refractivity contribution in [3.63, 3.8) is 0 Å². The summed E-state index contributed by atoms with van der Waals surface area (Å²) in [5.41, 5.74) is 0.629. The first kappa shape index (κ1) is 13.5. The van der Waals surface area contributed by atoms with Gasteiger partial charge >= 0.3 is 0 Å². The molecule has 0 radical (unpaired) electrons. The molecule has 3 nitrogen and oxygen atoms in total. The summed E-state index contributed by atoms with van der Waals surface area (Å²) in [7, 11) is 0. The highest BCUT2D eigenvalue weighted by atomic mass is 32.1. The summed E-state index contributed by atoms with van der Waals surface area (Å²) in [6, 6.07) is 0.677. The predicted octanol–water partition coefficient (Wildman–Crippen LogP) is 3.67. The summed E-state index contributed by atoms with van der Waals surface area (Å²) in [6.07, 6.45) is 3.44. The number of aromatic nitrogens is 1. The zero-order valence-electron chi connectivity index (χ0n) is 11.6. The van der Waals surface area contributed by atoms with Gasteiger partial charge < -0.3 is 4.90 Å². The van der Waals surface area contributed by atoms with Gasteiger partial charge in [-0.2, -0.15) is 0 Å². The zero-order chi connectivity index (χ0) is 13.3. The van der Waals surface area contributed by atoms with Crippen LogP contribution in [0, 0.1) is 0 Å². The molecule has 1 saturated heterocycles. The molecule has 1 aromatic heterocycles. The first-order valence-electron chi connectivity index (χ1n) is 6.78. The molecule has 0 aromatic carbocycles. The summed E-state index contributed by atoms with van der Waals surface area (Å²) >= 11 is 1.59. The van der Waals surface area contributed by atoms with Gasteiger partial charge in [-0.15, -0.1) is 11.3 Å². The van der Waals surface area contributed by atoms with E-state index in [1.54, 1.807) is 11.3 Å². The minimum absolute atomic E-state index is 0.109. The Kier molecular flexibility index (Phi) is 4.05. The molecule has 0 saturated carbocycles. The Morgan fingerprint density at radius 3 is 2.50 bits per heavy atom. The maximum Gasteiger partial charge on any atom is 0.273 e. The minimum atomic E-state index is 0.109. The maximum atomic E-state index is 12.5. The molecule has 2 unspecified atom stereocenters. The van der Waals surface area contributed by atoms with E-state index in [-0.39, 0.29) is 5.91 Å². The number of nitrogens with zero attached hydrogens (tertiary/aromatic N) is 2. The fraction of sp³-hybridized carbons (Fsp3) is 0.714. The lowest BCUT2D eigenvalue weighted by atomic mass is 9.97. The van der Waals surface area contributed by atoms with E-state index in [0.717, 1.165) is 17.8 Å². The molecular formula is C14H22N2OS. The molecule has 0 aliphatic carbocycles. The summed E-state index contributed by atoms with van der Waals surface area (Å²) < 4.78 is 0. The van der Waals surface area contributed by atoms with E-state index in [4.69, 9.17) is 0 Å². The van der Waals surface area contributed by atoms with E-state index < -0.39 is 0 Å². The second kappa shape index (κ2) is 5.39. The van der Waals surface area contributed by atoms with Crippen LogP contribution in [0.15, 0.2) is 5.38 Å². The predicted molar refractivity (Wildman–Crippen MR) is 75.1 cm³/mol. The van der Waals surface area contributed by atoms with Crippen LogP contribution in [-0.2, 0) is 0 Å². The molecular weight excluding hydrogens is 244 g/mol. The summed E-state index contributed by atoms with van der Waals surface area (Å²) in [6.45, 7) is 8.50. The number of hydrogen-bond donors (Lipinski definition) is 0. The average molecular weight is 266 g/mol.